The van der Waals surface area contributed by atoms with E-state index in [1.165, 1.54) is 7.11 Å². The monoisotopic (exact) mass is 254 g/mol. The van der Waals surface area contributed by atoms with Crippen molar-refractivity contribution in [1.29, 1.82) is 0 Å². The van der Waals surface area contributed by atoms with Gasteiger partial charge in [0.1, 0.15) is 16.7 Å². The van der Waals surface area contributed by atoms with E-state index in [1.807, 2.05) is 0 Å². The van der Waals surface area contributed by atoms with Gasteiger partial charge in [0.15, 0.2) is 0 Å². The second-order valence-corrected chi connectivity index (χ2v) is 4.27. The van der Waals surface area contributed by atoms with Crippen LogP contribution < -0.4 is 4.74 Å². The maximum Gasteiger partial charge on any atom is 0.137 e. The van der Waals surface area contributed by atoms with Gasteiger partial charge in [-0.25, -0.2) is 0 Å². The molecule has 0 aromatic heterocycles. The van der Waals surface area contributed by atoms with Gasteiger partial charge in [0, 0.05) is 10.6 Å². The molecular weight excluding hydrogens is 246 g/mol. The fraction of sp³-hybridized carbons (Fsp3) is 0.333. The van der Waals surface area contributed by atoms with E-state index in [4.69, 9.17) is 39.5 Å². The van der Waals surface area contributed by atoms with Crippen LogP contribution in [0.3, 0.4) is 0 Å². The summed E-state index contributed by atoms with van der Waals surface area (Å²) in [6.45, 7) is 0. The predicted molar refractivity (Wildman–Crippen MR) is 58.5 cm³/mol. The molecule has 0 saturated heterocycles. The second kappa shape index (κ2) is 5.08. The molecule has 0 aliphatic rings. The van der Waals surface area contributed by atoms with Gasteiger partial charge in [0.25, 0.3) is 0 Å². The lowest BCUT2D eigenvalue weighted by Crippen LogP contribution is -2.07. The summed E-state index contributed by atoms with van der Waals surface area (Å²) in [5.41, 5.74) is 0.481. The number of hydrogen-bond donors (Lipinski definition) is 1. The van der Waals surface area contributed by atoms with E-state index in [0.717, 1.165) is 0 Å². The first-order valence-corrected chi connectivity index (χ1v) is 5.11. The van der Waals surface area contributed by atoms with Crippen molar-refractivity contribution in [3.63, 3.8) is 0 Å². The Hall–Kier alpha value is -0.150. The van der Waals surface area contributed by atoms with Gasteiger partial charge >= 0.3 is 0 Å². The Morgan fingerprint density at radius 1 is 1.36 bits per heavy atom. The summed E-state index contributed by atoms with van der Waals surface area (Å²) < 4.78 is 5.04. The zero-order valence-corrected chi connectivity index (χ0v) is 9.64. The molecule has 1 aromatic rings. The zero-order chi connectivity index (χ0) is 10.7. The molecule has 1 rings (SSSR count). The van der Waals surface area contributed by atoms with Gasteiger partial charge in [0.05, 0.1) is 7.11 Å². The van der Waals surface area contributed by atoms with E-state index in [9.17, 15) is 5.11 Å². The number of benzene rings is 1. The standard InChI is InChI=1S/C9H9Cl3O2/c1-14-7-3-2-5(10)4-6(7)8(13)9(11)12/h2-4,8-9,13H,1H3. The molecule has 1 aromatic carbocycles. The van der Waals surface area contributed by atoms with Crippen molar-refractivity contribution in [1.82, 2.24) is 0 Å². The molecular formula is C9H9Cl3O2. The lowest BCUT2D eigenvalue weighted by molar-refractivity contribution is 0.188. The van der Waals surface area contributed by atoms with Gasteiger partial charge in [-0.3, -0.25) is 0 Å². The van der Waals surface area contributed by atoms with Crippen LogP contribution in [0.5, 0.6) is 5.75 Å². The molecule has 0 amide bonds. The minimum Gasteiger partial charge on any atom is -0.496 e. The Morgan fingerprint density at radius 3 is 2.50 bits per heavy atom. The molecule has 0 aliphatic heterocycles. The van der Waals surface area contributed by atoms with E-state index < -0.39 is 10.9 Å². The molecule has 1 unspecified atom stereocenters. The summed E-state index contributed by atoms with van der Waals surface area (Å²) in [6.07, 6.45) is -1.01. The molecule has 78 valence electrons. The third kappa shape index (κ3) is 2.67. The van der Waals surface area contributed by atoms with Crippen molar-refractivity contribution < 1.29 is 9.84 Å². The first-order valence-electron chi connectivity index (χ1n) is 3.86. The van der Waals surface area contributed by atoms with Crippen LogP contribution in [0.1, 0.15) is 11.7 Å². The van der Waals surface area contributed by atoms with Crippen LogP contribution in [-0.4, -0.2) is 17.1 Å². The van der Waals surface area contributed by atoms with Crippen LogP contribution in [0, 0.1) is 0 Å². The number of aliphatic hydroxyl groups is 1. The third-order valence-corrected chi connectivity index (χ3v) is 2.46. The topological polar surface area (TPSA) is 29.5 Å². The molecule has 14 heavy (non-hydrogen) atoms. The van der Waals surface area contributed by atoms with Gasteiger partial charge in [-0.1, -0.05) is 11.6 Å². The molecule has 1 N–H and O–H groups in total. The van der Waals surface area contributed by atoms with Crippen LogP contribution in [0.4, 0.5) is 0 Å². The SMILES string of the molecule is COc1ccc(Cl)cc1C(O)C(Cl)Cl. The van der Waals surface area contributed by atoms with Crippen LogP contribution in [0.15, 0.2) is 18.2 Å². The van der Waals surface area contributed by atoms with Crippen molar-refractivity contribution in [2.45, 2.75) is 10.9 Å². The number of alkyl halides is 2. The van der Waals surface area contributed by atoms with Gasteiger partial charge in [-0.15, -0.1) is 23.2 Å². The molecule has 5 heteroatoms. The highest BCUT2D eigenvalue weighted by atomic mass is 35.5. The van der Waals surface area contributed by atoms with Crippen molar-refractivity contribution in [3.8, 4) is 5.75 Å². The van der Waals surface area contributed by atoms with E-state index >= 15 is 0 Å². The van der Waals surface area contributed by atoms with Crippen LogP contribution >= 0.6 is 34.8 Å². The van der Waals surface area contributed by atoms with Crippen LogP contribution in [-0.2, 0) is 0 Å². The van der Waals surface area contributed by atoms with Crippen molar-refractivity contribution in [2.75, 3.05) is 7.11 Å². The number of methoxy groups -OCH3 is 1. The predicted octanol–water partition coefficient (Wildman–Crippen LogP) is 3.19. The molecule has 0 heterocycles. The number of ether oxygens (including phenoxy) is 1. The Bertz CT molecular complexity index is 315. The maximum absolute atomic E-state index is 9.63. The number of hydrogen-bond acceptors (Lipinski definition) is 2. The molecule has 0 saturated carbocycles. The average Bonchev–Trinajstić information content (AvgIpc) is 2.16. The van der Waals surface area contributed by atoms with E-state index in [2.05, 4.69) is 0 Å². The summed E-state index contributed by atoms with van der Waals surface area (Å²) in [5.74, 6) is 0.508. The Labute approximate surface area is 97.3 Å². The van der Waals surface area contributed by atoms with Crippen LogP contribution in [0.2, 0.25) is 5.02 Å². The number of halogens is 3. The fourth-order valence-electron chi connectivity index (χ4n) is 1.07. The second-order valence-electron chi connectivity index (χ2n) is 2.67. The lowest BCUT2D eigenvalue weighted by Gasteiger charge is -2.15. The normalized spacial score (nSPS) is 13.0. The summed E-state index contributed by atoms with van der Waals surface area (Å²) in [7, 11) is 1.50. The Kier molecular flexibility index (Phi) is 4.32. The van der Waals surface area contributed by atoms with Gasteiger partial charge in [-0.05, 0) is 18.2 Å². The zero-order valence-electron chi connectivity index (χ0n) is 7.38. The first kappa shape index (κ1) is 11.9. The van der Waals surface area contributed by atoms with Crippen molar-refractivity contribution in [3.05, 3.63) is 28.8 Å². The first-order chi connectivity index (χ1) is 6.56. The summed E-state index contributed by atoms with van der Waals surface area (Å²) in [6, 6.07) is 4.88. The highest BCUT2D eigenvalue weighted by Gasteiger charge is 2.20. The van der Waals surface area contributed by atoms with E-state index in [-0.39, 0.29) is 0 Å². The molecule has 1 atom stereocenters. The molecule has 0 bridgehead atoms. The lowest BCUT2D eigenvalue weighted by atomic mass is 10.1. The highest BCUT2D eigenvalue weighted by Crippen LogP contribution is 2.32. The smallest absolute Gasteiger partial charge is 0.137 e. The molecule has 0 radical (unpaired) electrons. The van der Waals surface area contributed by atoms with Crippen molar-refractivity contribution >= 4 is 34.8 Å². The number of aliphatic hydroxyl groups excluding tert-OH is 1. The largest absolute Gasteiger partial charge is 0.496 e. The maximum atomic E-state index is 9.63. The molecule has 0 aliphatic carbocycles. The minimum atomic E-state index is -1.01. The fourth-order valence-corrected chi connectivity index (χ4v) is 1.52. The van der Waals surface area contributed by atoms with E-state index in [1.54, 1.807) is 18.2 Å². The summed E-state index contributed by atoms with van der Waals surface area (Å²) in [5, 5.41) is 10.1. The highest BCUT2D eigenvalue weighted by molar-refractivity contribution is 6.44. The number of rotatable bonds is 3. The van der Waals surface area contributed by atoms with E-state index in [0.29, 0.717) is 16.3 Å². The minimum absolute atomic E-state index is 0.481. The van der Waals surface area contributed by atoms with Crippen LogP contribution in [0.25, 0.3) is 0 Å². The van der Waals surface area contributed by atoms with Gasteiger partial charge in [-0.2, -0.15) is 0 Å². The molecule has 0 spiro atoms. The third-order valence-electron chi connectivity index (χ3n) is 1.75. The summed E-state index contributed by atoms with van der Waals surface area (Å²) >= 11 is 16.9. The summed E-state index contributed by atoms with van der Waals surface area (Å²) in [4.78, 5) is -0.914. The quantitative estimate of drug-likeness (QED) is 0.841. The average molecular weight is 256 g/mol. The van der Waals surface area contributed by atoms with Gasteiger partial charge < -0.3 is 9.84 Å². The van der Waals surface area contributed by atoms with Crippen molar-refractivity contribution in [2.24, 2.45) is 0 Å². The Balaban J connectivity index is 3.10. The van der Waals surface area contributed by atoms with Gasteiger partial charge in [0.2, 0.25) is 0 Å². The molecule has 2 nitrogen and oxygen atoms in total. The molecule has 0 fully saturated rings. The Morgan fingerprint density at radius 2 is 2.00 bits per heavy atom.